The van der Waals surface area contributed by atoms with Crippen molar-refractivity contribution in [1.82, 2.24) is 9.88 Å². The molecule has 1 atom stereocenters. The van der Waals surface area contributed by atoms with Crippen molar-refractivity contribution in [2.45, 2.75) is 18.9 Å². The Bertz CT molecular complexity index is 647. The van der Waals surface area contributed by atoms with Crippen molar-refractivity contribution in [1.29, 1.82) is 0 Å². The molecule has 2 heterocycles. The van der Waals surface area contributed by atoms with Gasteiger partial charge in [-0.2, -0.15) is 0 Å². The molecule has 19 heavy (non-hydrogen) atoms. The number of aromatic amines is 1. The highest BCUT2D eigenvalue weighted by molar-refractivity contribution is 5.99. The Morgan fingerprint density at radius 1 is 1.32 bits per heavy atom. The number of nitrogens with zero attached hydrogens (tertiary/aromatic N) is 1. The normalized spacial score (nSPS) is 18.9. The summed E-state index contributed by atoms with van der Waals surface area (Å²) < 4.78 is 0. The maximum Gasteiger partial charge on any atom is 0.326 e. The number of rotatable bonds is 2. The Morgan fingerprint density at radius 2 is 2.16 bits per heavy atom. The molecule has 1 amide bonds. The lowest BCUT2D eigenvalue weighted by molar-refractivity contribution is -0.141. The molecule has 0 aliphatic carbocycles. The highest BCUT2D eigenvalue weighted by atomic mass is 16.4. The topological polar surface area (TPSA) is 73.4 Å². The van der Waals surface area contributed by atoms with E-state index in [4.69, 9.17) is 5.11 Å². The molecule has 0 saturated carbocycles. The Hall–Kier alpha value is -2.30. The minimum absolute atomic E-state index is 0.207. The van der Waals surface area contributed by atoms with E-state index < -0.39 is 12.0 Å². The van der Waals surface area contributed by atoms with E-state index in [9.17, 15) is 9.59 Å². The second-order valence-corrected chi connectivity index (χ2v) is 4.77. The maximum absolute atomic E-state index is 12.4. The zero-order valence-corrected chi connectivity index (χ0v) is 10.3. The number of carboxylic acids is 1. The molecular formula is C14H14N2O3. The van der Waals surface area contributed by atoms with Crippen LogP contribution in [0.3, 0.4) is 0 Å². The number of likely N-dealkylation sites (tertiary alicyclic amines) is 1. The van der Waals surface area contributed by atoms with Crippen LogP contribution >= 0.6 is 0 Å². The molecule has 1 aromatic heterocycles. The molecule has 3 rings (SSSR count). The molecule has 2 N–H and O–H groups in total. The van der Waals surface area contributed by atoms with E-state index in [0.29, 0.717) is 18.5 Å². The van der Waals surface area contributed by atoms with Gasteiger partial charge in [-0.15, -0.1) is 0 Å². The van der Waals surface area contributed by atoms with Gasteiger partial charge in [0.05, 0.1) is 0 Å². The number of hydrogen-bond donors (Lipinski definition) is 2. The van der Waals surface area contributed by atoms with Crippen LogP contribution in [0.2, 0.25) is 0 Å². The fourth-order valence-electron chi connectivity index (χ4n) is 2.61. The second-order valence-electron chi connectivity index (χ2n) is 4.77. The number of aliphatic carboxylic acids is 1. The first-order valence-corrected chi connectivity index (χ1v) is 6.28. The molecule has 0 unspecified atom stereocenters. The molecule has 1 aromatic carbocycles. The summed E-state index contributed by atoms with van der Waals surface area (Å²) in [6, 6.07) is 6.63. The van der Waals surface area contributed by atoms with Gasteiger partial charge in [0.2, 0.25) is 0 Å². The van der Waals surface area contributed by atoms with E-state index in [1.54, 1.807) is 12.1 Å². The maximum atomic E-state index is 12.4. The van der Waals surface area contributed by atoms with Crippen LogP contribution in [0.5, 0.6) is 0 Å². The number of nitrogens with one attached hydrogen (secondary N) is 1. The molecule has 98 valence electrons. The van der Waals surface area contributed by atoms with E-state index in [-0.39, 0.29) is 5.91 Å². The van der Waals surface area contributed by atoms with E-state index in [0.717, 1.165) is 17.3 Å². The van der Waals surface area contributed by atoms with Crippen LogP contribution in [-0.4, -0.2) is 39.5 Å². The predicted molar refractivity (Wildman–Crippen MR) is 70.0 cm³/mol. The molecule has 5 nitrogen and oxygen atoms in total. The van der Waals surface area contributed by atoms with Gasteiger partial charge >= 0.3 is 5.97 Å². The lowest BCUT2D eigenvalue weighted by atomic mass is 10.1. The molecule has 1 aliphatic rings. The van der Waals surface area contributed by atoms with Crippen molar-refractivity contribution in [2.75, 3.05) is 6.54 Å². The quantitative estimate of drug-likeness (QED) is 0.863. The third-order valence-corrected chi connectivity index (χ3v) is 3.60. The van der Waals surface area contributed by atoms with Crippen LogP contribution in [0.25, 0.3) is 10.9 Å². The molecule has 5 heteroatoms. The first-order valence-electron chi connectivity index (χ1n) is 6.28. The monoisotopic (exact) mass is 258 g/mol. The summed E-state index contributed by atoms with van der Waals surface area (Å²) in [5.74, 6) is -1.13. The van der Waals surface area contributed by atoms with Crippen molar-refractivity contribution in [2.24, 2.45) is 0 Å². The minimum atomic E-state index is -0.924. The fraction of sp³-hybridized carbons (Fsp3) is 0.286. The van der Waals surface area contributed by atoms with Crippen LogP contribution in [0.15, 0.2) is 30.5 Å². The third kappa shape index (κ3) is 1.97. The predicted octanol–water partition coefficient (Wildman–Crippen LogP) is 1.86. The standard InChI is InChI=1S/C14H14N2O3/c17-13(16-7-1-2-12(16)14(18)19)10-4-3-9-5-6-15-11(9)8-10/h3-6,8,12,15H,1-2,7H2,(H,18,19)/t12-/m1/s1. The largest absolute Gasteiger partial charge is 0.480 e. The van der Waals surface area contributed by atoms with Crippen LogP contribution in [-0.2, 0) is 4.79 Å². The molecule has 0 radical (unpaired) electrons. The summed E-state index contributed by atoms with van der Waals surface area (Å²) >= 11 is 0. The molecule has 2 aromatic rings. The van der Waals surface area contributed by atoms with Crippen LogP contribution in [0.1, 0.15) is 23.2 Å². The van der Waals surface area contributed by atoms with Gasteiger partial charge in [0.25, 0.3) is 5.91 Å². The van der Waals surface area contributed by atoms with Gasteiger partial charge in [-0.3, -0.25) is 4.79 Å². The van der Waals surface area contributed by atoms with Crippen molar-refractivity contribution < 1.29 is 14.7 Å². The second kappa shape index (κ2) is 4.42. The number of carboxylic acid groups (broad SMARTS) is 1. The van der Waals surface area contributed by atoms with Gasteiger partial charge in [-0.05, 0) is 36.4 Å². The zero-order chi connectivity index (χ0) is 13.4. The highest BCUT2D eigenvalue weighted by Crippen LogP contribution is 2.22. The molecular weight excluding hydrogens is 244 g/mol. The van der Waals surface area contributed by atoms with Crippen LogP contribution in [0, 0.1) is 0 Å². The van der Waals surface area contributed by atoms with Gasteiger partial charge in [0.15, 0.2) is 0 Å². The van der Waals surface area contributed by atoms with Crippen molar-refractivity contribution in [3.63, 3.8) is 0 Å². The van der Waals surface area contributed by atoms with Gasteiger partial charge < -0.3 is 15.0 Å². The molecule has 1 fully saturated rings. The van der Waals surface area contributed by atoms with Gasteiger partial charge in [0, 0.05) is 23.8 Å². The first-order chi connectivity index (χ1) is 9.16. The summed E-state index contributed by atoms with van der Waals surface area (Å²) in [5, 5.41) is 10.2. The summed E-state index contributed by atoms with van der Waals surface area (Å²) in [5.41, 5.74) is 1.42. The lowest BCUT2D eigenvalue weighted by Crippen LogP contribution is -2.40. The Morgan fingerprint density at radius 3 is 2.95 bits per heavy atom. The third-order valence-electron chi connectivity index (χ3n) is 3.60. The van der Waals surface area contributed by atoms with E-state index in [1.165, 1.54) is 4.90 Å². The SMILES string of the molecule is O=C(O)[C@H]1CCCN1C(=O)c1ccc2cc[nH]c2c1. The van der Waals surface area contributed by atoms with Crippen LogP contribution < -0.4 is 0 Å². The smallest absolute Gasteiger partial charge is 0.326 e. The van der Waals surface area contributed by atoms with E-state index >= 15 is 0 Å². The van der Waals surface area contributed by atoms with Gasteiger partial charge in [0.1, 0.15) is 6.04 Å². The first kappa shape index (κ1) is 11.8. The summed E-state index contributed by atoms with van der Waals surface area (Å²) in [4.78, 5) is 28.0. The van der Waals surface area contributed by atoms with Crippen molar-refractivity contribution >= 4 is 22.8 Å². The number of H-pyrrole nitrogens is 1. The minimum Gasteiger partial charge on any atom is -0.480 e. The number of aromatic nitrogens is 1. The lowest BCUT2D eigenvalue weighted by Gasteiger charge is -2.21. The summed E-state index contributed by atoms with van der Waals surface area (Å²) in [7, 11) is 0. The number of carbonyl (C=O) groups is 2. The molecule has 0 spiro atoms. The fourth-order valence-corrected chi connectivity index (χ4v) is 2.61. The number of benzene rings is 1. The molecule has 1 saturated heterocycles. The number of carbonyl (C=O) groups excluding carboxylic acids is 1. The molecule has 0 bridgehead atoms. The Kier molecular flexibility index (Phi) is 2.74. The summed E-state index contributed by atoms with van der Waals surface area (Å²) in [6.45, 7) is 0.512. The number of amides is 1. The van der Waals surface area contributed by atoms with Crippen molar-refractivity contribution in [3.05, 3.63) is 36.0 Å². The Balaban J connectivity index is 1.92. The highest BCUT2D eigenvalue weighted by Gasteiger charge is 2.34. The number of hydrogen-bond acceptors (Lipinski definition) is 2. The number of fused-ring (bicyclic) bond motifs is 1. The van der Waals surface area contributed by atoms with Crippen molar-refractivity contribution in [3.8, 4) is 0 Å². The average molecular weight is 258 g/mol. The van der Waals surface area contributed by atoms with Gasteiger partial charge in [-0.25, -0.2) is 4.79 Å². The van der Waals surface area contributed by atoms with Crippen LogP contribution in [0.4, 0.5) is 0 Å². The van der Waals surface area contributed by atoms with E-state index in [2.05, 4.69) is 4.98 Å². The Labute approximate surface area is 109 Å². The summed E-state index contributed by atoms with van der Waals surface area (Å²) in [6.07, 6.45) is 3.09. The van der Waals surface area contributed by atoms with E-state index in [1.807, 2.05) is 18.3 Å². The molecule has 1 aliphatic heterocycles. The zero-order valence-electron chi connectivity index (χ0n) is 10.3. The van der Waals surface area contributed by atoms with Gasteiger partial charge in [-0.1, -0.05) is 6.07 Å². The average Bonchev–Trinajstić information content (AvgIpc) is 3.05.